The summed E-state index contributed by atoms with van der Waals surface area (Å²) in [5, 5.41) is 8.56. The van der Waals surface area contributed by atoms with Crippen LogP contribution in [0.1, 0.15) is 17.0 Å². The van der Waals surface area contributed by atoms with E-state index in [2.05, 4.69) is 10.2 Å². The summed E-state index contributed by atoms with van der Waals surface area (Å²) in [6.45, 7) is -0.127. The fraction of sp³-hybridized carbons (Fsp3) is 0.0417. The van der Waals surface area contributed by atoms with Gasteiger partial charge in [-0.3, -0.25) is 0 Å². The predicted molar refractivity (Wildman–Crippen MR) is 115 cm³/mol. The lowest BCUT2D eigenvalue weighted by molar-refractivity contribution is -0.138. The molecule has 0 fully saturated rings. The van der Waals surface area contributed by atoms with E-state index in [0.29, 0.717) is 22.0 Å². The van der Waals surface area contributed by atoms with E-state index in [1.807, 2.05) is 60.7 Å². The first-order valence-electron chi connectivity index (χ1n) is 9.27. The van der Waals surface area contributed by atoms with Gasteiger partial charge in [0, 0.05) is 10.6 Å². The Morgan fingerprint density at radius 2 is 1.57 bits per heavy atom. The van der Waals surface area contributed by atoms with E-state index >= 15 is 0 Å². The molecule has 0 radical (unpaired) electrons. The summed E-state index contributed by atoms with van der Waals surface area (Å²) < 4.78 is 11.1. The highest BCUT2D eigenvalue weighted by Gasteiger charge is 2.16. The van der Waals surface area contributed by atoms with Gasteiger partial charge >= 0.3 is 5.97 Å². The van der Waals surface area contributed by atoms with Gasteiger partial charge in [-0.15, -0.1) is 10.2 Å². The quantitative estimate of drug-likeness (QED) is 0.230. The van der Waals surface area contributed by atoms with Crippen LogP contribution in [0.5, 0.6) is 0 Å². The van der Waals surface area contributed by atoms with Crippen molar-refractivity contribution in [3.8, 4) is 11.5 Å². The van der Waals surface area contributed by atoms with Crippen LogP contribution in [-0.2, 0) is 16.1 Å². The van der Waals surface area contributed by atoms with Crippen LogP contribution in [0.15, 0.2) is 89.3 Å². The van der Waals surface area contributed by atoms with Crippen LogP contribution < -0.4 is 0 Å². The summed E-state index contributed by atoms with van der Waals surface area (Å²) in [5.74, 6) is 0.0948. The molecule has 148 valence electrons. The molecule has 6 heteroatoms. The molecule has 3 aromatic carbocycles. The Labute approximate surface area is 178 Å². The highest BCUT2D eigenvalue weighted by Crippen LogP contribution is 2.23. The first kappa shape index (κ1) is 19.6. The summed E-state index contributed by atoms with van der Waals surface area (Å²) >= 11 is 5.99. The van der Waals surface area contributed by atoms with Crippen molar-refractivity contribution in [2.24, 2.45) is 0 Å². The van der Waals surface area contributed by atoms with Crippen molar-refractivity contribution in [1.82, 2.24) is 10.2 Å². The molecule has 1 heterocycles. The number of aromatic nitrogens is 2. The van der Waals surface area contributed by atoms with Gasteiger partial charge in [0.2, 0.25) is 5.89 Å². The molecule has 0 N–H and O–H groups in total. The molecule has 4 aromatic rings. The van der Waals surface area contributed by atoms with Crippen molar-refractivity contribution in [3.05, 3.63) is 107 Å². The average molecular weight is 417 g/mol. The van der Waals surface area contributed by atoms with Gasteiger partial charge in [0.05, 0.1) is 5.57 Å². The SMILES string of the molecule is O=C(OCc1nnc(-c2ccccc2)o1)/C(=C/c1ccccc1)c1ccc(Cl)cc1. The van der Waals surface area contributed by atoms with Crippen LogP contribution in [0.2, 0.25) is 5.02 Å². The van der Waals surface area contributed by atoms with Crippen LogP contribution in [0.4, 0.5) is 0 Å². The molecule has 1 aromatic heterocycles. The highest BCUT2D eigenvalue weighted by molar-refractivity contribution is 6.30. The number of hydrogen-bond donors (Lipinski definition) is 0. The summed E-state index contributed by atoms with van der Waals surface area (Å²) in [5.41, 5.74) is 2.78. The van der Waals surface area contributed by atoms with Gasteiger partial charge in [-0.1, -0.05) is 72.3 Å². The van der Waals surface area contributed by atoms with Gasteiger partial charge in [-0.05, 0) is 41.5 Å². The molecule has 0 aliphatic rings. The molecule has 0 saturated carbocycles. The molecule has 0 aliphatic carbocycles. The van der Waals surface area contributed by atoms with E-state index in [0.717, 1.165) is 11.1 Å². The zero-order chi connectivity index (χ0) is 20.8. The molecule has 30 heavy (non-hydrogen) atoms. The molecule has 4 rings (SSSR count). The summed E-state index contributed by atoms with van der Waals surface area (Å²) in [6, 6.07) is 25.9. The Bertz CT molecular complexity index is 1150. The lowest BCUT2D eigenvalue weighted by Crippen LogP contribution is -2.07. The molecular formula is C24H17ClN2O3. The number of carbonyl (C=O) groups is 1. The van der Waals surface area contributed by atoms with Gasteiger partial charge < -0.3 is 9.15 Å². The van der Waals surface area contributed by atoms with Crippen molar-refractivity contribution >= 4 is 29.2 Å². The van der Waals surface area contributed by atoms with Gasteiger partial charge in [0.1, 0.15) is 0 Å². The van der Waals surface area contributed by atoms with Crippen molar-refractivity contribution in [3.63, 3.8) is 0 Å². The van der Waals surface area contributed by atoms with Gasteiger partial charge in [0.25, 0.3) is 5.89 Å². The molecular weight excluding hydrogens is 400 g/mol. The molecule has 0 bridgehead atoms. The molecule has 0 unspecified atom stereocenters. The number of rotatable bonds is 6. The monoisotopic (exact) mass is 416 g/mol. The van der Waals surface area contributed by atoms with E-state index in [-0.39, 0.29) is 12.5 Å². The molecule has 0 saturated heterocycles. The zero-order valence-corrected chi connectivity index (χ0v) is 16.6. The molecule has 0 amide bonds. The Kier molecular flexibility index (Phi) is 6.01. The van der Waals surface area contributed by atoms with Crippen LogP contribution in [-0.4, -0.2) is 16.2 Å². The second-order valence-corrected chi connectivity index (χ2v) is 6.86. The van der Waals surface area contributed by atoms with Crippen LogP contribution >= 0.6 is 11.6 Å². The largest absolute Gasteiger partial charge is 0.452 e. The highest BCUT2D eigenvalue weighted by atomic mass is 35.5. The minimum atomic E-state index is -0.499. The van der Waals surface area contributed by atoms with Gasteiger partial charge in [-0.25, -0.2) is 4.79 Å². The van der Waals surface area contributed by atoms with E-state index < -0.39 is 5.97 Å². The molecule has 0 atom stereocenters. The van der Waals surface area contributed by atoms with E-state index in [4.69, 9.17) is 20.8 Å². The average Bonchev–Trinajstić information content (AvgIpc) is 3.27. The minimum absolute atomic E-state index is 0.127. The van der Waals surface area contributed by atoms with Gasteiger partial charge in [-0.2, -0.15) is 0 Å². The topological polar surface area (TPSA) is 65.2 Å². The molecule has 0 spiro atoms. The third-order valence-electron chi connectivity index (χ3n) is 4.30. The van der Waals surface area contributed by atoms with Crippen molar-refractivity contribution in [2.75, 3.05) is 0 Å². The Balaban J connectivity index is 1.53. The Hall–Kier alpha value is -3.70. The number of hydrogen-bond acceptors (Lipinski definition) is 5. The minimum Gasteiger partial charge on any atom is -0.452 e. The lowest BCUT2D eigenvalue weighted by Gasteiger charge is -2.08. The first-order valence-corrected chi connectivity index (χ1v) is 9.64. The van der Waals surface area contributed by atoms with Crippen LogP contribution in [0.25, 0.3) is 23.1 Å². The third-order valence-corrected chi connectivity index (χ3v) is 4.55. The normalized spacial score (nSPS) is 11.3. The van der Waals surface area contributed by atoms with E-state index in [1.165, 1.54) is 0 Å². The van der Waals surface area contributed by atoms with Crippen LogP contribution in [0.3, 0.4) is 0 Å². The predicted octanol–water partition coefficient (Wildman–Crippen LogP) is 5.67. The lowest BCUT2D eigenvalue weighted by atomic mass is 10.0. The maximum Gasteiger partial charge on any atom is 0.339 e. The number of ether oxygens (including phenoxy) is 1. The first-order chi connectivity index (χ1) is 14.7. The molecule has 0 aliphatic heterocycles. The summed E-state index contributed by atoms with van der Waals surface area (Å²) in [6.07, 6.45) is 1.77. The maximum absolute atomic E-state index is 12.9. The van der Waals surface area contributed by atoms with E-state index in [1.54, 1.807) is 30.3 Å². The second-order valence-electron chi connectivity index (χ2n) is 6.42. The Morgan fingerprint density at radius 1 is 0.900 bits per heavy atom. The summed E-state index contributed by atoms with van der Waals surface area (Å²) in [4.78, 5) is 12.9. The third kappa shape index (κ3) is 4.82. The number of benzene rings is 3. The van der Waals surface area contributed by atoms with E-state index in [9.17, 15) is 4.79 Å². The summed E-state index contributed by atoms with van der Waals surface area (Å²) in [7, 11) is 0. The molecule has 5 nitrogen and oxygen atoms in total. The standard InChI is InChI=1S/C24H17ClN2O3/c25-20-13-11-18(12-14-20)21(15-17-7-3-1-4-8-17)24(28)29-16-22-26-27-23(30-22)19-9-5-2-6-10-19/h1-15H,16H2/b21-15+. The maximum atomic E-state index is 12.9. The second kappa shape index (κ2) is 9.20. The number of carbonyl (C=O) groups excluding carboxylic acids is 1. The number of esters is 1. The number of nitrogens with zero attached hydrogens (tertiary/aromatic N) is 2. The van der Waals surface area contributed by atoms with Crippen molar-refractivity contribution in [1.29, 1.82) is 0 Å². The number of halogens is 1. The fourth-order valence-corrected chi connectivity index (χ4v) is 2.95. The van der Waals surface area contributed by atoms with Crippen molar-refractivity contribution in [2.45, 2.75) is 6.61 Å². The fourth-order valence-electron chi connectivity index (χ4n) is 2.82. The van der Waals surface area contributed by atoms with Gasteiger partial charge in [0.15, 0.2) is 6.61 Å². The Morgan fingerprint density at radius 3 is 2.27 bits per heavy atom. The smallest absolute Gasteiger partial charge is 0.339 e. The van der Waals surface area contributed by atoms with Crippen molar-refractivity contribution < 1.29 is 13.9 Å². The zero-order valence-electron chi connectivity index (χ0n) is 15.9. The van der Waals surface area contributed by atoms with Crippen LogP contribution in [0, 0.1) is 0 Å².